The number of pyridine rings is 1. The molecule has 6 heteroatoms. The summed E-state index contributed by atoms with van der Waals surface area (Å²) in [6.07, 6.45) is 3.35. The van der Waals surface area contributed by atoms with Gasteiger partial charge in [0.25, 0.3) is 0 Å². The highest BCUT2D eigenvalue weighted by Gasteiger charge is 2.13. The standard InChI is InChI=1S/C10H10ClN3OS/c1-6(11)9-13-14-10(16-9)7-3-4-12-5-8(7)15-2/h3-6H,1-2H3. The normalized spacial score (nSPS) is 12.4. The average Bonchev–Trinajstić information content (AvgIpc) is 2.78. The molecule has 1 atom stereocenters. The summed E-state index contributed by atoms with van der Waals surface area (Å²) in [5.41, 5.74) is 0.888. The summed E-state index contributed by atoms with van der Waals surface area (Å²) < 4.78 is 5.21. The first-order chi connectivity index (χ1) is 7.72. The number of rotatable bonds is 3. The van der Waals surface area contributed by atoms with Gasteiger partial charge < -0.3 is 4.74 Å². The summed E-state index contributed by atoms with van der Waals surface area (Å²) in [6.45, 7) is 1.87. The molecule has 2 aromatic heterocycles. The van der Waals surface area contributed by atoms with Crippen molar-refractivity contribution >= 4 is 22.9 Å². The zero-order chi connectivity index (χ0) is 11.5. The molecule has 0 bridgehead atoms. The van der Waals surface area contributed by atoms with Crippen molar-refractivity contribution in [2.45, 2.75) is 12.3 Å². The fourth-order valence-corrected chi connectivity index (χ4v) is 2.20. The predicted molar refractivity (Wildman–Crippen MR) is 64.0 cm³/mol. The lowest BCUT2D eigenvalue weighted by molar-refractivity contribution is 0.414. The highest BCUT2D eigenvalue weighted by Crippen LogP contribution is 2.33. The number of ether oxygens (including phenoxy) is 1. The Morgan fingerprint density at radius 3 is 2.88 bits per heavy atom. The van der Waals surface area contributed by atoms with Gasteiger partial charge in [-0.15, -0.1) is 21.8 Å². The molecule has 0 saturated carbocycles. The van der Waals surface area contributed by atoms with Crippen LogP contribution in [0.25, 0.3) is 10.6 Å². The van der Waals surface area contributed by atoms with Crippen LogP contribution in [0.3, 0.4) is 0 Å². The lowest BCUT2D eigenvalue weighted by Crippen LogP contribution is -1.88. The summed E-state index contributed by atoms with van der Waals surface area (Å²) in [6, 6.07) is 1.85. The van der Waals surface area contributed by atoms with Gasteiger partial charge in [0.1, 0.15) is 10.8 Å². The van der Waals surface area contributed by atoms with Gasteiger partial charge in [0.05, 0.1) is 24.2 Å². The highest BCUT2D eigenvalue weighted by atomic mass is 35.5. The number of aromatic nitrogens is 3. The first-order valence-electron chi connectivity index (χ1n) is 4.68. The topological polar surface area (TPSA) is 47.9 Å². The molecule has 84 valence electrons. The minimum Gasteiger partial charge on any atom is -0.494 e. The van der Waals surface area contributed by atoms with E-state index in [0.29, 0.717) is 5.75 Å². The van der Waals surface area contributed by atoms with Gasteiger partial charge >= 0.3 is 0 Å². The SMILES string of the molecule is COc1cnccc1-c1nnc(C(C)Cl)s1. The Morgan fingerprint density at radius 1 is 1.44 bits per heavy atom. The molecule has 1 unspecified atom stereocenters. The highest BCUT2D eigenvalue weighted by molar-refractivity contribution is 7.15. The number of halogens is 1. The Labute approximate surface area is 102 Å². The van der Waals surface area contributed by atoms with Crippen LogP contribution in [-0.2, 0) is 0 Å². The third-order valence-electron chi connectivity index (χ3n) is 2.02. The van der Waals surface area contributed by atoms with E-state index in [1.165, 1.54) is 11.3 Å². The Kier molecular flexibility index (Phi) is 3.36. The van der Waals surface area contributed by atoms with Crippen molar-refractivity contribution in [1.82, 2.24) is 15.2 Å². The van der Waals surface area contributed by atoms with Gasteiger partial charge in [0.15, 0.2) is 5.01 Å². The fraction of sp³-hybridized carbons (Fsp3) is 0.300. The lowest BCUT2D eigenvalue weighted by atomic mass is 10.2. The number of nitrogens with zero attached hydrogens (tertiary/aromatic N) is 3. The van der Waals surface area contributed by atoms with Crippen molar-refractivity contribution in [2.24, 2.45) is 0 Å². The van der Waals surface area contributed by atoms with E-state index >= 15 is 0 Å². The van der Waals surface area contributed by atoms with Crippen molar-refractivity contribution in [3.63, 3.8) is 0 Å². The fourth-order valence-electron chi connectivity index (χ4n) is 1.22. The van der Waals surface area contributed by atoms with Crippen LogP contribution >= 0.6 is 22.9 Å². The zero-order valence-corrected chi connectivity index (χ0v) is 10.4. The minimum absolute atomic E-state index is 0.126. The first-order valence-corrected chi connectivity index (χ1v) is 5.93. The second kappa shape index (κ2) is 4.76. The molecule has 0 fully saturated rings. The van der Waals surface area contributed by atoms with Crippen LogP contribution < -0.4 is 4.74 Å². The molecule has 0 aromatic carbocycles. The van der Waals surface area contributed by atoms with E-state index in [-0.39, 0.29) is 5.38 Å². The van der Waals surface area contributed by atoms with Crippen molar-refractivity contribution < 1.29 is 4.74 Å². The maximum Gasteiger partial charge on any atom is 0.151 e. The lowest BCUT2D eigenvalue weighted by Gasteiger charge is -2.03. The van der Waals surface area contributed by atoms with Gasteiger partial charge in [0.2, 0.25) is 0 Å². The van der Waals surface area contributed by atoms with Gasteiger partial charge in [0, 0.05) is 6.20 Å². The predicted octanol–water partition coefficient (Wildman–Crippen LogP) is 2.91. The van der Waals surface area contributed by atoms with Crippen LogP contribution in [-0.4, -0.2) is 22.3 Å². The Hall–Kier alpha value is -1.20. The van der Waals surface area contributed by atoms with Gasteiger partial charge in [-0.2, -0.15) is 0 Å². The van der Waals surface area contributed by atoms with Gasteiger partial charge in [-0.25, -0.2) is 0 Å². The summed E-state index contributed by atoms with van der Waals surface area (Å²) in [4.78, 5) is 3.99. The van der Waals surface area contributed by atoms with Crippen LogP contribution in [0.1, 0.15) is 17.3 Å². The van der Waals surface area contributed by atoms with E-state index in [2.05, 4.69) is 15.2 Å². The van der Waals surface area contributed by atoms with E-state index in [0.717, 1.165) is 15.6 Å². The van der Waals surface area contributed by atoms with Gasteiger partial charge in [-0.05, 0) is 13.0 Å². The monoisotopic (exact) mass is 255 g/mol. The maximum atomic E-state index is 5.94. The molecule has 2 heterocycles. The Balaban J connectivity index is 2.42. The van der Waals surface area contributed by atoms with Crippen molar-refractivity contribution in [2.75, 3.05) is 7.11 Å². The molecule has 2 aromatic rings. The molecule has 0 saturated heterocycles. The summed E-state index contributed by atoms with van der Waals surface area (Å²) >= 11 is 7.40. The van der Waals surface area contributed by atoms with Crippen LogP contribution in [0, 0.1) is 0 Å². The van der Waals surface area contributed by atoms with Crippen molar-refractivity contribution in [1.29, 1.82) is 0 Å². The van der Waals surface area contributed by atoms with Crippen molar-refractivity contribution in [3.8, 4) is 16.3 Å². The van der Waals surface area contributed by atoms with E-state index in [9.17, 15) is 0 Å². The number of hydrogen-bond acceptors (Lipinski definition) is 5. The molecule has 16 heavy (non-hydrogen) atoms. The van der Waals surface area contributed by atoms with E-state index in [1.54, 1.807) is 19.5 Å². The van der Waals surface area contributed by atoms with Crippen LogP contribution in [0.2, 0.25) is 0 Å². The minimum atomic E-state index is -0.126. The largest absolute Gasteiger partial charge is 0.494 e. The third-order valence-corrected chi connectivity index (χ3v) is 3.49. The zero-order valence-electron chi connectivity index (χ0n) is 8.85. The third kappa shape index (κ3) is 2.15. The quantitative estimate of drug-likeness (QED) is 0.792. The molecule has 0 aliphatic heterocycles. The molecular weight excluding hydrogens is 246 g/mol. The Bertz CT molecular complexity index is 486. The summed E-state index contributed by atoms with van der Waals surface area (Å²) in [5.74, 6) is 0.687. The van der Waals surface area contributed by atoms with E-state index in [1.807, 2.05) is 13.0 Å². The summed E-state index contributed by atoms with van der Waals surface area (Å²) in [5, 5.41) is 9.59. The number of methoxy groups -OCH3 is 1. The van der Waals surface area contributed by atoms with E-state index in [4.69, 9.17) is 16.3 Å². The van der Waals surface area contributed by atoms with Crippen molar-refractivity contribution in [3.05, 3.63) is 23.5 Å². The number of hydrogen-bond donors (Lipinski definition) is 0. The molecule has 0 amide bonds. The van der Waals surface area contributed by atoms with Gasteiger partial charge in [-0.1, -0.05) is 11.3 Å². The molecule has 0 N–H and O–H groups in total. The number of alkyl halides is 1. The second-order valence-corrected chi connectivity index (χ2v) is 4.80. The van der Waals surface area contributed by atoms with Crippen LogP contribution in [0.4, 0.5) is 0 Å². The molecule has 0 aliphatic rings. The smallest absolute Gasteiger partial charge is 0.151 e. The van der Waals surface area contributed by atoms with Gasteiger partial charge in [-0.3, -0.25) is 4.98 Å². The molecule has 4 nitrogen and oxygen atoms in total. The average molecular weight is 256 g/mol. The molecular formula is C10H10ClN3OS. The van der Waals surface area contributed by atoms with E-state index < -0.39 is 0 Å². The second-order valence-electron chi connectivity index (χ2n) is 3.14. The maximum absolute atomic E-state index is 5.94. The first kappa shape index (κ1) is 11.3. The molecule has 0 aliphatic carbocycles. The molecule has 0 spiro atoms. The molecule has 2 rings (SSSR count). The van der Waals surface area contributed by atoms with Crippen LogP contribution in [0.15, 0.2) is 18.5 Å². The van der Waals surface area contributed by atoms with Crippen LogP contribution in [0.5, 0.6) is 5.75 Å². The summed E-state index contributed by atoms with van der Waals surface area (Å²) in [7, 11) is 1.60. The molecule has 0 radical (unpaired) electrons. The Morgan fingerprint density at radius 2 is 2.25 bits per heavy atom.